The largest absolute Gasteiger partial charge is 0.300 e. The van der Waals surface area contributed by atoms with E-state index in [1.165, 1.54) is 11.3 Å². The molecule has 0 unspecified atom stereocenters. The molecule has 0 aliphatic carbocycles. The Morgan fingerprint density at radius 3 is 2.91 bits per heavy atom. The van der Waals surface area contributed by atoms with Crippen LogP contribution in [0.1, 0.15) is 5.01 Å². The van der Waals surface area contributed by atoms with Crippen LogP contribution in [0.3, 0.4) is 0 Å². The number of nitrogens with one attached hydrogen (secondary N) is 1. The number of aromatic nitrogens is 2. The van der Waals surface area contributed by atoms with Gasteiger partial charge in [-0.15, -0.1) is 10.2 Å². The Kier molecular flexibility index (Phi) is 2.84. The molecule has 0 aliphatic rings. The normalized spacial score (nSPS) is 9.64. The van der Waals surface area contributed by atoms with E-state index in [1.54, 1.807) is 0 Å². The molecule has 60 valence electrons. The Morgan fingerprint density at radius 2 is 2.45 bits per heavy atom. The third-order valence-corrected chi connectivity index (χ3v) is 1.96. The van der Waals surface area contributed by atoms with Crippen LogP contribution >= 0.6 is 24.0 Å². The van der Waals surface area contributed by atoms with E-state index in [1.807, 2.05) is 6.92 Å². The highest BCUT2D eigenvalue weighted by Crippen LogP contribution is 2.12. The lowest BCUT2D eigenvalue weighted by atomic mass is 10.7. The van der Waals surface area contributed by atoms with E-state index in [4.69, 9.17) is 0 Å². The van der Waals surface area contributed by atoms with Crippen LogP contribution in [-0.4, -0.2) is 21.9 Å². The second-order valence-corrected chi connectivity index (χ2v) is 3.33. The number of carbonyl (C=O) groups is 1. The van der Waals surface area contributed by atoms with E-state index in [2.05, 4.69) is 28.1 Å². The van der Waals surface area contributed by atoms with Crippen molar-refractivity contribution >= 4 is 35.0 Å². The number of hydrogen-bond acceptors (Lipinski definition) is 5. The number of nitrogens with zero attached hydrogens (tertiary/aromatic N) is 2. The molecule has 11 heavy (non-hydrogen) atoms. The topological polar surface area (TPSA) is 54.9 Å². The summed E-state index contributed by atoms with van der Waals surface area (Å²) >= 11 is 5.14. The van der Waals surface area contributed by atoms with Gasteiger partial charge in [-0.2, -0.15) is 12.6 Å². The van der Waals surface area contributed by atoms with Crippen LogP contribution in [0.4, 0.5) is 5.13 Å². The van der Waals surface area contributed by atoms with Gasteiger partial charge in [0.25, 0.3) is 0 Å². The van der Waals surface area contributed by atoms with Gasteiger partial charge in [-0.05, 0) is 6.92 Å². The third kappa shape index (κ3) is 2.47. The molecule has 1 amide bonds. The summed E-state index contributed by atoms with van der Waals surface area (Å²) in [6.07, 6.45) is 0. The first-order valence-electron chi connectivity index (χ1n) is 2.93. The lowest BCUT2D eigenvalue weighted by molar-refractivity contribution is -0.113. The number of rotatable bonds is 2. The van der Waals surface area contributed by atoms with E-state index in [0.717, 1.165) is 5.01 Å². The molecule has 0 fully saturated rings. The summed E-state index contributed by atoms with van der Waals surface area (Å²) < 4.78 is 0. The molecule has 0 aromatic carbocycles. The monoisotopic (exact) mass is 189 g/mol. The standard InChI is InChI=1S/C5H7N3OS2/c1-3-7-8-5(11-3)6-4(9)2-10/h10H,2H2,1H3,(H,6,8,9). The van der Waals surface area contributed by atoms with E-state index in [0.29, 0.717) is 5.13 Å². The Balaban J connectivity index is 2.57. The number of thiol groups is 1. The first-order chi connectivity index (χ1) is 5.22. The maximum absolute atomic E-state index is 10.7. The predicted octanol–water partition coefficient (Wildman–Crippen LogP) is 0.715. The van der Waals surface area contributed by atoms with Crippen LogP contribution in [0.2, 0.25) is 0 Å². The van der Waals surface area contributed by atoms with E-state index < -0.39 is 0 Å². The molecule has 0 aliphatic heterocycles. The van der Waals surface area contributed by atoms with Crippen molar-refractivity contribution in [1.82, 2.24) is 10.2 Å². The molecular formula is C5H7N3OS2. The minimum atomic E-state index is -0.163. The zero-order valence-electron chi connectivity index (χ0n) is 5.87. The maximum atomic E-state index is 10.7. The molecule has 1 heterocycles. The number of amides is 1. The summed E-state index contributed by atoms with van der Waals surface area (Å²) in [5.74, 6) is 0.00279. The highest BCUT2D eigenvalue weighted by Gasteiger charge is 2.02. The summed E-state index contributed by atoms with van der Waals surface area (Å²) in [6, 6.07) is 0. The Hall–Kier alpha value is -0.620. The van der Waals surface area contributed by atoms with Gasteiger partial charge < -0.3 is 0 Å². The first kappa shape index (κ1) is 8.48. The maximum Gasteiger partial charge on any atom is 0.235 e. The van der Waals surface area contributed by atoms with Gasteiger partial charge in [0.15, 0.2) is 0 Å². The van der Waals surface area contributed by atoms with Gasteiger partial charge in [0.05, 0.1) is 5.75 Å². The molecule has 0 spiro atoms. The molecule has 4 nitrogen and oxygen atoms in total. The number of anilines is 1. The van der Waals surface area contributed by atoms with Crippen molar-refractivity contribution in [3.8, 4) is 0 Å². The minimum absolute atomic E-state index is 0.163. The van der Waals surface area contributed by atoms with Crippen LogP contribution in [-0.2, 0) is 4.79 Å². The van der Waals surface area contributed by atoms with Crippen molar-refractivity contribution in [2.45, 2.75) is 6.92 Å². The van der Waals surface area contributed by atoms with Gasteiger partial charge in [0, 0.05) is 0 Å². The second kappa shape index (κ2) is 3.68. The molecule has 1 aromatic rings. The summed E-state index contributed by atoms with van der Waals surface area (Å²) in [7, 11) is 0. The minimum Gasteiger partial charge on any atom is -0.300 e. The van der Waals surface area contributed by atoms with Gasteiger partial charge >= 0.3 is 0 Å². The molecule has 0 saturated heterocycles. The highest BCUT2D eigenvalue weighted by molar-refractivity contribution is 7.81. The summed E-state index contributed by atoms with van der Waals surface area (Å²) in [6.45, 7) is 1.83. The van der Waals surface area contributed by atoms with Crippen molar-refractivity contribution < 1.29 is 4.79 Å². The lowest BCUT2D eigenvalue weighted by Gasteiger charge is -1.93. The Bertz CT molecular complexity index is 260. The lowest BCUT2D eigenvalue weighted by Crippen LogP contribution is -2.12. The quantitative estimate of drug-likeness (QED) is 0.674. The van der Waals surface area contributed by atoms with Crippen LogP contribution < -0.4 is 5.32 Å². The SMILES string of the molecule is Cc1nnc(NC(=O)CS)s1. The van der Waals surface area contributed by atoms with E-state index in [9.17, 15) is 4.79 Å². The molecule has 1 aromatic heterocycles. The second-order valence-electron chi connectivity index (χ2n) is 1.83. The molecular weight excluding hydrogens is 182 g/mol. The van der Waals surface area contributed by atoms with Crippen LogP contribution in [0.5, 0.6) is 0 Å². The fraction of sp³-hybridized carbons (Fsp3) is 0.400. The number of aryl methyl sites for hydroxylation is 1. The fourth-order valence-electron chi connectivity index (χ4n) is 0.506. The Labute approximate surface area is 73.4 Å². The Morgan fingerprint density at radius 1 is 1.73 bits per heavy atom. The molecule has 6 heteroatoms. The summed E-state index contributed by atoms with van der Waals surface area (Å²) in [5.41, 5.74) is 0. The highest BCUT2D eigenvalue weighted by atomic mass is 32.1. The van der Waals surface area contributed by atoms with Crippen LogP contribution in [0.25, 0.3) is 0 Å². The molecule has 1 rings (SSSR count). The van der Waals surface area contributed by atoms with Gasteiger partial charge in [-0.25, -0.2) is 0 Å². The van der Waals surface area contributed by atoms with Gasteiger partial charge in [0.1, 0.15) is 5.01 Å². The average molecular weight is 189 g/mol. The van der Waals surface area contributed by atoms with Crippen molar-refractivity contribution in [1.29, 1.82) is 0 Å². The zero-order valence-corrected chi connectivity index (χ0v) is 7.58. The smallest absolute Gasteiger partial charge is 0.235 e. The average Bonchev–Trinajstić information content (AvgIpc) is 2.35. The van der Waals surface area contributed by atoms with Crippen molar-refractivity contribution in [2.24, 2.45) is 0 Å². The molecule has 1 N–H and O–H groups in total. The zero-order chi connectivity index (χ0) is 8.27. The van der Waals surface area contributed by atoms with Gasteiger partial charge in [-0.1, -0.05) is 11.3 Å². The summed E-state index contributed by atoms with van der Waals surface area (Å²) in [5, 5.41) is 11.3. The van der Waals surface area contributed by atoms with Crippen molar-refractivity contribution in [3.05, 3.63) is 5.01 Å². The first-order valence-corrected chi connectivity index (χ1v) is 4.38. The van der Waals surface area contributed by atoms with Crippen LogP contribution in [0, 0.1) is 6.92 Å². The third-order valence-electron chi connectivity index (χ3n) is 0.916. The van der Waals surface area contributed by atoms with Crippen molar-refractivity contribution in [2.75, 3.05) is 11.1 Å². The predicted molar refractivity (Wildman–Crippen MR) is 47.1 cm³/mol. The van der Waals surface area contributed by atoms with Crippen LogP contribution in [0.15, 0.2) is 0 Å². The van der Waals surface area contributed by atoms with E-state index >= 15 is 0 Å². The van der Waals surface area contributed by atoms with Crippen molar-refractivity contribution in [3.63, 3.8) is 0 Å². The van der Waals surface area contributed by atoms with E-state index in [-0.39, 0.29) is 11.7 Å². The number of hydrogen-bond donors (Lipinski definition) is 2. The molecule has 0 atom stereocenters. The van der Waals surface area contributed by atoms with Gasteiger partial charge in [-0.3, -0.25) is 10.1 Å². The number of carbonyl (C=O) groups excluding carboxylic acids is 1. The van der Waals surface area contributed by atoms with Gasteiger partial charge in [0.2, 0.25) is 11.0 Å². The molecule has 0 bridgehead atoms. The fourth-order valence-corrected chi connectivity index (χ4v) is 1.19. The molecule has 0 saturated carbocycles. The summed E-state index contributed by atoms with van der Waals surface area (Å²) in [4.78, 5) is 10.7. The molecule has 0 radical (unpaired) electrons.